The first kappa shape index (κ1) is 28.9. The highest BCUT2D eigenvalue weighted by molar-refractivity contribution is 7.89. The summed E-state index contributed by atoms with van der Waals surface area (Å²) in [5, 5.41) is 3.27. The maximum absolute atomic E-state index is 13.6. The molecule has 9 nitrogen and oxygen atoms in total. The minimum Gasteiger partial charge on any atom is -0.493 e. The summed E-state index contributed by atoms with van der Waals surface area (Å²) in [6.45, 7) is 8.34. The van der Waals surface area contributed by atoms with E-state index in [1.54, 1.807) is 61.6 Å². The van der Waals surface area contributed by atoms with Crippen LogP contribution in [0.25, 0.3) is 0 Å². The summed E-state index contributed by atoms with van der Waals surface area (Å²) in [6.07, 6.45) is 0.713. The third kappa shape index (κ3) is 7.67. The summed E-state index contributed by atoms with van der Waals surface area (Å²) >= 11 is 0. The summed E-state index contributed by atoms with van der Waals surface area (Å²) in [4.78, 5) is 15.6. The van der Waals surface area contributed by atoms with Crippen LogP contribution in [0.1, 0.15) is 36.2 Å². The van der Waals surface area contributed by atoms with Crippen LogP contribution in [0.5, 0.6) is 11.5 Å². The van der Waals surface area contributed by atoms with Crippen LogP contribution < -0.4 is 19.5 Å². The number of sulfonamides is 1. The summed E-state index contributed by atoms with van der Waals surface area (Å²) in [7, 11) is -0.484. The Hall–Kier alpha value is -2.66. The van der Waals surface area contributed by atoms with Crippen molar-refractivity contribution in [2.75, 3.05) is 47.1 Å². The van der Waals surface area contributed by atoms with Crippen LogP contribution in [0.15, 0.2) is 47.4 Å². The molecule has 204 valence electrons. The van der Waals surface area contributed by atoms with Crippen LogP contribution >= 0.6 is 0 Å². The number of amides is 1. The largest absolute Gasteiger partial charge is 0.493 e. The van der Waals surface area contributed by atoms with E-state index >= 15 is 0 Å². The van der Waals surface area contributed by atoms with Crippen LogP contribution in [0.3, 0.4) is 0 Å². The Morgan fingerprint density at radius 2 is 1.81 bits per heavy atom. The molecule has 1 fully saturated rings. The van der Waals surface area contributed by atoms with Gasteiger partial charge in [-0.05, 0) is 51.1 Å². The van der Waals surface area contributed by atoms with Crippen molar-refractivity contribution in [3.8, 4) is 11.5 Å². The van der Waals surface area contributed by atoms with Crippen LogP contribution in [0.4, 0.5) is 0 Å². The van der Waals surface area contributed by atoms with Crippen LogP contribution in [0, 0.1) is 12.8 Å². The molecule has 0 radical (unpaired) electrons. The van der Waals surface area contributed by atoms with Crippen molar-refractivity contribution in [1.82, 2.24) is 14.9 Å². The van der Waals surface area contributed by atoms with Crippen LogP contribution in [-0.4, -0.2) is 78.4 Å². The summed E-state index contributed by atoms with van der Waals surface area (Å²) in [5.41, 5.74) is 1.48. The Kier molecular flexibility index (Phi) is 10.3. The number of rotatable bonds is 13. The second-order valence-corrected chi connectivity index (χ2v) is 11.3. The minimum atomic E-state index is -3.68. The molecule has 0 aromatic heterocycles. The van der Waals surface area contributed by atoms with E-state index in [0.29, 0.717) is 56.3 Å². The third-order valence-electron chi connectivity index (χ3n) is 6.45. The van der Waals surface area contributed by atoms with Crippen molar-refractivity contribution in [3.05, 3.63) is 53.6 Å². The van der Waals surface area contributed by atoms with E-state index < -0.39 is 10.0 Å². The highest BCUT2D eigenvalue weighted by Gasteiger charge is 2.34. The Morgan fingerprint density at radius 3 is 2.46 bits per heavy atom. The molecule has 0 unspecified atom stereocenters. The second kappa shape index (κ2) is 13.2. The summed E-state index contributed by atoms with van der Waals surface area (Å²) in [5.74, 6) is 0.816. The molecule has 2 aromatic carbocycles. The fourth-order valence-electron chi connectivity index (χ4n) is 4.30. The maximum Gasteiger partial charge on any atom is 0.254 e. The maximum atomic E-state index is 13.6. The van der Waals surface area contributed by atoms with E-state index in [2.05, 4.69) is 10.0 Å². The van der Waals surface area contributed by atoms with Gasteiger partial charge in [0.25, 0.3) is 5.91 Å². The highest BCUT2D eigenvalue weighted by atomic mass is 32.2. The van der Waals surface area contributed by atoms with Gasteiger partial charge in [-0.2, -0.15) is 0 Å². The summed E-state index contributed by atoms with van der Waals surface area (Å²) in [6, 6.07) is 11.5. The van der Waals surface area contributed by atoms with Crippen molar-refractivity contribution in [2.45, 2.75) is 44.2 Å². The van der Waals surface area contributed by atoms with E-state index in [-0.39, 0.29) is 28.8 Å². The number of nitrogens with one attached hydrogen (secondary N) is 2. The molecule has 3 rings (SSSR count). The molecule has 1 heterocycles. The Morgan fingerprint density at radius 1 is 1.08 bits per heavy atom. The van der Waals surface area contributed by atoms with Crippen molar-refractivity contribution in [2.24, 2.45) is 5.92 Å². The van der Waals surface area contributed by atoms with Gasteiger partial charge in [0.05, 0.1) is 18.6 Å². The molecule has 0 aliphatic carbocycles. The number of nitrogens with zero attached hydrogens (tertiary/aromatic N) is 1. The zero-order valence-corrected chi connectivity index (χ0v) is 23.1. The predicted octanol–water partition coefficient (Wildman–Crippen LogP) is 2.84. The zero-order chi connectivity index (χ0) is 27.0. The second-order valence-electron chi connectivity index (χ2n) is 9.57. The lowest BCUT2D eigenvalue weighted by Gasteiger charge is -2.32. The first-order chi connectivity index (χ1) is 17.7. The Labute approximate surface area is 220 Å². The molecule has 0 saturated carbocycles. The van der Waals surface area contributed by atoms with Crippen molar-refractivity contribution in [1.29, 1.82) is 0 Å². The van der Waals surface area contributed by atoms with Crippen molar-refractivity contribution >= 4 is 15.9 Å². The van der Waals surface area contributed by atoms with Crippen molar-refractivity contribution in [3.63, 3.8) is 0 Å². The normalized spacial score (nSPS) is 17.7. The molecule has 37 heavy (non-hydrogen) atoms. The van der Waals surface area contributed by atoms with Crippen LogP contribution in [-0.2, 0) is 14.8 Å². The molecule has 1 saturated heterocycles. The lowest BCUT2D eigenvalue weighted by molar-refractivity contribution is 0.0671. The van der Waals surface area contributed by atoms with Gasteiger partial charge in [0, 0.05) is 63.3 Å². The fraction of sp³-hybridized carbons (Fsp3) is 0.519. The van der Waals surface area contributed by atoms with E-state index in [1.165, 1.54) is 0 Å². The number of benzene rings is 2. The monoisotopic (exact) mass is 533 g/mol. The quantitative estimate of drug-likeness (QED) is 0.382. The van der Waals surface area contributed by atoms with Gasteiger partial charge in [0.1, 0.15) is 0 Å². The van der Waals surface area contributed by atoms with Gasteiger partial charge in [0.2, 0.25) is 10.0 Å². The predicted molar refractivity (Wildman–Crippen MR) is 143 cm³/mol. The molecule has 10 heteroatoms. The average molecular weight is 534 g/mol. The molecule has 1 aliphatic heterocycles. The molecule has 2 atom stereocenters. The van der Waals surface area contributed by atoms with Gasteiger partial charge >= 0.3 is 0 Å². The fourth-order valence-corrected chi connectivity index (χ4v) is 5.61. The number of aryl methyl sites for hydroxylation is 1. The van der Waals surface area contributed by atoms with Gasteiger partial charge in [-0.1, -0.05) is 17.7 Å². The topological polar surface area (TPSA) is 106 Å². The van der Waals surface area contributed by atoms with Gasteiger partial charge in [-0.3, -0.25) is 4.79 Å². The highest BCUT2D eigenvalue weighted by Crippen LogP contribution is 2.29. The summed E-state index contributed by atoms with van der Waals surface area (Å²) < 4.78 is 45.2. The number of methoxy groups -OCH3 is 2. The number of ether oxygens (including phenoxy) is 3. The first-order valence-corrected chi connectivity index (χ1v) is 14.0. The third-order valence-corrected chi connectivity index (χ3v) is 7.96. The molecule has 2 N–H and O–H groups in total. The lowest BCUT2D eigenvalue weighted by atomic mass is 10.0. The van der Waals surface area contributed by atoms with Crippen LogP contribution in [0.2, 0.25) is 0 Å². The number of carbonyl (C=O) groups excluding carboxylic acids is 1. The standard InChI is InChI=1S/C27H39N3O6S/c1-19(2)30(27(31)21-9-12-25(35-5)26(15-21)36-14-6-13-34-4)18-22-16-28-17-24(22)29-37(32,33)23-10-7-20(3)8-11-23/h7-12,15,19,22,24,28-29H,6,13-14,16-18H2,1-5H3/t22-,24-/m1/s1. The molecule has 0 bridgehead atoms. The molecule has 1 amide bonds. The molecular formula is C27H39N3O6S. The minimum absolute atomic E-state index is 0.0874. The number of hydrogen-bond acceptors (Lipinski definition) is 7. The van der Waals surface area contributed by atoms with Crippen molar-refractivity contribution < 1.29 is 27.4 Å². The van der Waals surface area contributed by atoms with E-state index in [1.807, 2.05) is 20.8 Å². The lowest BCUT2D eigenvalue weighted by Crippen LogP contribution is -2.47. The molecular weight excluding hydrogens is 494 g/mol. The first-order valence-electron chi connectivity index (χ1n) is 12.6. The van der Waals surface area contributed by atoms with E-state index in [0.717, 1.165) is 5.56 Å². The van der Waals surface area contributed by atoms with E-state index in [9.17, 15) is 13.2 Å². The van der Waals surface area contributed by atoms with Gasteiger partial charge in [-0.25, -0.2) is 13.1 Å². The Bertz CT molecular complexity index is 1140. The Balaban J connectivity index is 1.74. The SMILES string of the molecule is COCCCOc1cc(C(=O)N(C[C@H]2CNC[C@H]2NS(=O)(=O)c2ccc(C)cc2)C(C)C)ccc1OC. The van der Waals surface area contributed by atoms with Gasteiger partial charge in [-0.15, -0.1) is 0 Å². The smallest absolute Gasteiger partial charge is 0.254 e. The number of carbonyl (C=O) groups is 1. The zero-order valence-electron chi connectivity index (χ0n) is 22.3. The molecule has 1 aliphatic rings. The van der Waals surface area contributed by atoms with Gasteiger partial charge < -0.3 is 24.4 Å². The molecule has 2 aromatic rings. The van der Waals surface area contributed by atoms with E-state index in [4.69, 9.17) is 14.2 Å². The number of hydrogen-bond donors (Lipinski definition) is 2. The average Bonchev–Trinajstić information content (AvgIpc) is 3.30. The molecule has 0 spiro atoms. The van der Waals surface area contributed by atoms with Gasteiger partial charge in [0.15, 0.2) is 11.5 Å².